The summed E-state index contributed by atoms with van der Waals surface area (Å²) in [4.78, 5) is 17.7. The predicted octanol–water partition coefficient (Wildman–Crippen LogP) is 2.54. The van der Waals surface area contributed by atoms with Crippen molar-refractivity contribution in [2.75, 3.05) is 19.6 Å². The molecule has 2 aliphatic heterocycles. The van der Waals surface area contributed by atoms with Crippen LogP contribution in [0.3, 0.4) is 0 Å². The van der Waals surface area contributed by atoms with Crippen molar-refractivity contribution >= 4 is 17.5 Å². The van der Waals surface area contributed by atoms with E-state index in [4.69, 9.17) is 11.6 Å². The van der Waals surface area contributed by atoms with E-state index in [1.54, 1.807) is 11.0 Å². The quantitative estimate of drug-likeness (QED) is 0.805. The van der Waals surface area contributed by atoms with E-state index in [1.807, 2.05) is 24.3 Å². The third-order valence-corrected chi connectivity index (χ3v) is 5.87. The van der Waals surface area contributed by atoms with Gasteiger partial charge in [0.05, 0.1) is 12.1 Å². The van der Waals surface area contributed by atoms with Crippen LogP contribution in [0.1, 0.15) is 43.7 Å². The van der Waals surface area contributed by atoms with Crippen LogP contribution < -0.4 is 0 Å². The molecule has 2 fully saturated rings. The van der Waals surface area contributed by atoms with Crippen LogP contribution in [-0.2, 0) is 11.3 Å². The summed E-state index contributed by atoms with van der Waals surface area (Å²) in [6, 6.07) is 7.84. The molecule has 2 atom stereocenters. The van der Waals surface area contributed by atoms with Gasteiger partial charge in [-0.05, 0) is 47.4 Å². The van der Waals surface area contributed by atoms with Gasteiger partial charge in [0, 0.05) is 31.2 Å². The fourth-order valence-electron chi connectivity index (χ4n) is 4.16. The van der Waals surface area contributed by atoms with Crippen molar-refractivity contribution in [1.82, 2.24) is 30.0 Å². The molecule has 0 unspecified atom stereocenters. The SMILES string of the molecule is O=C([C@@H]1C[C@H](n2cnnn2)CN1Cc1ccc(Cl)cc1)N1CCCCCC1. The number of halogens is 1. The number of rotatable bonds is 4. The van der Waals surface area contributed by atoms with Crippen molar-refractivity contribution in [2.24, 2.45) is 0 Å². The molecule has 1 aromatic carbocycles. The second kappa shape index (κ2) is 8.35. The molecule has 2 aliphatic rings. The number of carbonyl (C=O) groups excluding carboxylic acids is 1. The summed E-state index contributed by atoms with van der Waals surface area (Å²) in [6.07, 6.45) is 7.03. The van der Waals surface area contributed by atoms with Gasteiger partial charge in [-0.25, -0.2) is 4.68 Å². The predicted molar refractivity (Wildman–Crippen MR) is 102 cm³/mol. The maximum Gasteiger partial charge on any atom is 0.240 e. The lowest BCUT2D eigenvalue weighted by molar-refractivity contribution is -0.136. The Kier molecular flexibility index (Phi) is 5.69. The van der Waals surface area contributed by atoms with Gasteiger partial charge in [0.2, 0.25) is 5.91 Å². The van der Waals surface area contributed by atoms with Gasteiger partial charge in [0.1, 0.15) is 6.33 Å². The maximum absolute atomic E-state index is 13.3. The van der Waals surface area contributed by atoms with Crippen molar-refractivity contribution in [3.8, 4) is 0 Å². The van der Waals surface area contributed by atoms with Crippen LogP contribution in [-0.4, -0.2) is 61.6 Å². The van der Waals surface area contributed by atoms with Crippen LogP contribution in [0.5, 0.6) is 0 Å². The number of carbonyl (C=O) groups is 1. The lowest BCUT2D eigenvalue weighted by atomic mass is 10.1. The number of hydrogen-bond donors (Lipinski definition) is 0. The summed E-state index contributed by atoms with van der Waals surface area (Å²) in [5.74, 6) is 0.251. The number of tetrazole rings is 1. The second-order valence-electron chi connectivity index (χ2n) is 7.49. The van der Waals surface area contributed by atoms with E-state index in [9.17, 15) is 4.79 Å². The minimum absolute atomic E-state index is 0.119. The first-order chi connectivity index (χ1) is 13.2. The van der Waals surface area contributed by atoms with E-state index in [2.05, 4.69) is 25.3 Å². The molecule has 0 radical (unpaired) electrons. The highest BCUT2D eigenvalue weighted by Crippen LogP contribution is 2.30. The summed E-state index contributed by atoms with van der Waals surface area (Å²) < 4.78 is 1.78. The number of likely N-dealkylation sites (tertiary alicyclic amines) is 2. The molecule has 27 heavy (non-hydrogen) atoms. The summed E-state index contributed by atoms with van der Waals surface area (Å²) in [5.41, 5.74) is 1.16. The third-order valence-electron chi connectivity index (χ3n) is 5.62. The van der Waals surface area contributed by atoms with Crippen molar-refractivity contribution in [1.29, 1.82) is 0 Å². The average Bonchev–Trinajstić information content (AvgIpc) is 3.27. The first-order valence-electron chi connectivity index (χ1n) is 9.70. The van der Waals surface area contributed by atoms with Crippen LogP contribution in [0.2, 0.25) is 5.02 Å². The van der Waals surface area contributed by atoms with Crippen molar-refractivity contribution in [3.05, 3.63) is 41.2 Å². The molecule has 4 rings (SSSR count). The Hall–Kier alpha value is -1.99. The minimum atomic E-state index is -0.132. The van der Waals surface area contributed by atoms with Crippen molar-refractivity contribution in [3.63, 3.8) is 0 Å². The monoisotopic (exact) mass is 388 g/mol. The molecule has 0 aliphatic carbocycles. The van der Waals surface area contributed by atoms with E-state index in [0.29, 0.717) is 0 Å². The zero-order chi connectivity index (χ0) is 18.6. The summed E-state index contributed by atoms with van der Waals surface area (Å²) in [6.45, 7) is 3.23. The molecule has 3 heterocycles. The van der Waals surface area contributed by atoms with E-state index in [1.165, 1.54) is 12.8 Å². The van der Waals surface area contributed by atoms with Crippen LogP contribution in [0.25, 0.3) is 0 Å². The Labute approximate surface area is 164 Å². The van der Waals surface area contributed by atoms with Crippen LogP contribution >= 0.6 is 11.6 Å². The standard InChI is InChI=1S/C19H25ClN6O/c20-16-7-5-15(6-8-16)12-25-13-17(26-14-21-22-23-26)11-18(25)19(27)24-9-3-1-2-4-10-24/h5-8,14,17-18H,1-4,9-13H2/t17-,18-/m0/s1. The zero-order valence-electron chi connectivity index (χ0n) is 15.4. The molecule has 1 amide bonds. The molecular formula is C19H25ClN6O. The number of aromatic nitrogens is 4. The average molecular weight is 389 g/mol. The number of hydrogen-bond acceptors (Lipinski definition) is 5. The minimum Gasteiger partial charge on any atom is -0.341 e. The lowest BCUT2D eigenvalue weighted by Gasteiger charge is -2.29. The largest absolute Gasteiger partial charge is 0.341 e. The first-order valence-corrected chi connectivity index (χ1v) is 10.1. The highest BCUT2D eigenvalue weighted by molar-refractivity contribution is 6.30. The van der Waals surface area contributed by atoms with Gasteiger partial charge in [0.25, 0.3) is 0 Å². The Morgan fingerprint density at radius 3 is 2.52 bits per heavy atom. The molecular weight excluding hydrogens is 364 g/mol. The van der Waals surface area contributed by atoms with Crippen molar-refractivity contribution < 1.29 is 4.79 Å². The second-order valence-corrected chi connectivity index (χ2v) is 7.93. The molecule has 144 valence electrons. The van der Waals surface area contributed by atoms with Gasteiger partial charge in [-0.3, -0.25) is 9.69 Å². The third kappa shape index (κ3) is 4.30. The first kappa shape index (κ1) is 18.4. The van der Waals surface area contributed by atoms with E-state index in [0.717, 1.165) is 56.0 Å². The summed E-state index contributed by atoms with van der Waals surface area (Å²) >= 11 is 6.02. The fourth-order valence-corrected chi connectivity index (χ4v) is 4.29. The molecule has 0 spiro atoms. The topological polar surface area (TPSA) is 67.2 Å². The van der Waals surface area contributed by atoms with Gasteiger partial charge in [-0.2, -0.15) is 0 Å². The molecule has 0 saturated carbocycles. The van der Waals surface area contributed by atoms with Crippen molar-refractivity contribution in [2.45, 2.75) is 50.7 Å². The van der Waals surface area contributed by atoms with Gasteiger partial charge < -0.3 is 4.90 Å². The Balaban J connectivity index is 1.53. The normalized spacial score (nSPS) is 24.1. The smallest absolute Gasteiger partial charge is 0.240 e. The summed E-state index contributed by atoms with van der Waals surface area (Å²) in [7, 11) is 0. The molecule has 0 bridgehead atoms. The molecule has 8 heteroatoms. The summed E-state index contributed by atoms with van der Waals surface area (Å²) in [5, 5.41) is 12.3. The molecule has 7 nitrogen and oxygen atoms in total. The van der Waals surface area contributed by atoms with E-state index < -0.39 is 0 Å². The highest BCUT2D eigenvalue weighted by atomic mass is 35.5. The number of amides is 1. The highest BCUT2D eigenvalue weighted by Gasteiger charge is 2.40. The zero-order valence-corrected chi connectivity index (χ0v) is 16.1. The Morgan fingerprint density at radius 1 is 1.11 bits per heavy atom. The van der Waals surface area contributed by atoms with Crippen LogP contribution in [0, 0.1) is 0 Å². The molecule has 0 N–H and O–H groups in total. The Morgan fingerprint density at radius 2 is 1.85 bits per heavy atom. The van der Waals surface area contributed by atoms with Gasteiger partial charge in [-0.1, -0.05) is 36.6 Å². The molecule has 2 saturated heterocycles. The van der Waals surface area contributed by atoms with Crippen LogP contribution in [0.15, 0.2) is 30.6 Å². The lowest BCUT2D eigenvalue weighted by Crippen LogP contribution is -2.45. The van der Waals surface area contributed by atoms with Crippen LogP contribution in [0.4, 0.5) is 0 Å². The fraction of sp³-hybridized carbons (Fsp3) is 0.579. The molecule has 1 aromatic heterocycles. The molecule has 2 aromatic rings. The number of benzene rings is 1. The van der Waals surface area contributed by atoms with E-state index in [-0.39, 0.29) is 18.0 Å². The maximum atomic E-state index is 13.3. The van der Waals surface area contributed by atoms with Gasteiger partial charge >= 0.3 is 0 Å². The number of nitrogens with zero attached hydrogens (tertiary/aromatic N) is 6. The van der Waals surface area contributed by atoms with Gasteiger partial charge in [-0.15, -0.1) is 5.10 Å². The Bertz CT molecular complexity index is 742. The van der Waals surface area contributed by atoms with E-state index >= 15 is 0 Å². The van der Waals surface area contributed by atoms with Gasteiger partial charge in [0.15, 0.2) is 0 Å².